The van der Waals surface area contributed by atoms with Gasteiger partial charge in [0.25, 0.3) is 5.56 Å². The zero-order valence-corrected chi connectivity index (χ0v) is 17.6. The van der Waals surface area contributed by atoms with Crippen LogP contribution in [0.3, 0.4) is 0 Å². The van der Waals surface area contributed by atoms with Crippen LogP contribution in [0.5, 0.6) is 0 Å². The van der Waals surface area contributed by atoms with E-state index in [1.807, 2.05) is 89.9 Å². The summed E-state index contributed by atoms with van der Waals surface area (Å²) in [5, 5.41) is 0. The van der Waals surface area contributed by atoms with Gasteiger partial charge in [-0.1, -0.05) is 84.9 Å². The molecule has 1 fully saturated rings. The molecule has 0 amide bonds. The first kappa shape index (κ1) is 21.1. The van der Waals surface area contributed by atoms with E-state index in [9.17, 15) is 14.0 Å². The Balaban J connectivity index is 1.39. The topological polar surface area (TPSA) is 73.3 Å². The van der Waals surface area contributed by atoms with Crippen molar-refractivity contribution in [3.8, 4) is 0 Å². The molecule has 0 radical (unpaired) electrons. The van der Waals surface area contributed by atoms with Crippen LogP contribution in [0.4, 0.5) is 4.39 Å². The van der Waals surface area contributed by atoms with E-state index in [2.05, 4.69) is 0 Å². The van der Waals surface area contributed by atoms with Gasteiger partial charge in [-0.2, -0.15) is 4.39 Å². The summed E-state index contributed by atoms with van der Waals surface area (Å²) >= 11 is 0. The van der Waals surface area contributed by atoms with Gasteiger partial charge in [0, 0.05) is 0 Å². The molecule has 2 unspecified atom stereocenters. The standard InChI is InChI=1S/C25H20BFN2O4/c27-21-16-29(25(31)28-24(21)30)15-17-11-13-20(14-12-17)26-32-22(18-7-3-1-4-8-18)23(33-26)19-9-5-2-6-10-19/h1-14,16,22-23H,15H2,(H,28,30,31). The molecule has 1 aromatic heterocycles. The maximum absolute atomic E-state index is 13.5. The van der Waals surface area contributed by atoms with Gasteiger partial charge in [-0.3, -0.25) is 14.3 Å². The molecule has 0 bridgehead atoms. The Morgan fingerprint density at radius 2 is 1.36 bits per heavy atom. The maximum atomic E-state index is 13.5. The molecular formula is C25H20BFN2O4. The SMILES string of the molecule is O=c1[nH]c(=O)n(Cc2ccc(B3OC(c4ccccc4)C(c4ccccc4)O3)cc2)cc1F. The van der Waals surface area contributed by atoms with Crippen molar-refractivity contribution in [2.45, 2.75) is 18.8 Å². The molecule has 1 saturated heterocycles. The summed E-state index contributed by atoms with van der Waals surface area (Å²) in [5.41, 5.74) is 1.98. The van der Waals surface area contributed by atoms with E-state index in [1.165, 1.54) is 0 Å². The Kier molecular flexibility index (Phi) is 5.77. The van der Waals surface area contributed by atoms with Gasteiger partial charge < -0.3 is 9.31 Å². The van der Waals surface area contributed by atoms with Crippen molar-refractivity contribution in [2.24, 2.45) is 0 Å². The molecule has 0 saturated carbocycles. The quantitative estimate of drug-likeness (QED) is 0.483. The zero-order valence-electron chi connectivity index (χ0n) is 17.6. The number of aromatic amines is 1. The molecule has 2 atom stereocenters. The van der Waals surface area contributed by atoms with E-state index in [0.29, 0.717) is 0 Å². The van der Waals surface area contributed by atoms with Crippen LogP contribution in [0.25, 0.3) is 0 Å². The summed E-state index contributed by atoms with van der Waals surface area (Å²) < 4.78 is 27.3. The smallest absolute Gasteiger partial charge is 0.397 e. The molecule has 4 aromatic rings. The fourth-order valence-corrected chi connectivity index (χ4v) is 3.97. The molecule has 2 heterocycles. The number of hydrogen-bond acceptors (Lipinski definition) is 4. The minimum Gasteiger partial charge on any atom is -0.397 e. The molecule has 0 aliphatic carbocycles. The third-order valence-corrected chi connectivity index (χ3v) is 5.64. The highest BCUT2D eigenvalue weighted by Crippen LogP contribution is 2.41. The maximum Gasteiger partial charge on any atom is 0.494 e. The lowest BCUT2D eigenvalue weighted by atomic mass is 9.79. The normalized spacial score (nSPS) is 17.9. The van der Waals surface area contributed by atoms with Gasteiger partial charge in [-0.05, 0) is 22.2 Å². The Labute approximate surface area is 189 Å². The second kappa shape index (κ2) is 9.01. The van der Waals surface area contributed by atoms with Crippen molar-refractivity contribution >= 4 is 12.6 Å². The molecule has 3 aromatic carbocycles. The van der Waals surface area contributed by atoms with Crippen molar-refractivity contribution in [3.63, 3.8) is 0 Å². The van der Waals surface area contributed by atoms with Crippen LogP contribution in [-0.4, -0.2) is 16.7 Å². The fraction of sp³-hybridized carbons (Fsp3) is 0.120. The summed E-state index contributed by atoms with van der Waals surface area (Å²) in [6, 6.07) is 27.3. The first-order valence-corrected chi connectivity index (χ1v) is 10.6. The van der Waals surface area contributed by atoms with Crippen LogP contribution >= 0.6 is 0 Å². The summed E-state index contributed by atoms with van der Waals surface area (Å²) in [6.07, 6.45) is 0.384. The highest BCUT2D eigenvalue weighted by molar-refractivity contribution is 6.61. The minimum atomic E-state index is -1.02. The first-order valence-electron chi connectivity index (χ1n) is 10.6. The van der Waals surface area contributed by atoms with Crippen LogP contribution in [0.1, 0.15) is 28.9 Å². The molecule has 1 aliphatic heterocycles. The fourth-order valence-electron chi connectivity index (χ4n) is 3.97. The van der Waals surface area contributed by atoms with E-state index in [-0.39, 0.29) is 18.8 Å². The molecule has 0 spiro atoms. The predicted molar refractivity (Wildman–Crippen MR) is 123 cm³/mol. The lowest BCUT2D eigenvalue weighted by Gasteiger charge is -2.19. The monoisotopic (exact) mass is 442 g/mol. The van der Waals surface area contributed by atoms with Gasteiger partial charge in [0.15, 0.2) is 0 Å². The second-order valence-electron chi connectivity index (χ2n) is 7.87. The van der Waals surface area contributed by atoms with Gasteiger partial charge in [0.05, 0.1) is 24.9 Å². The lowest BCUT2D eigenvalue weighted by Crippen LogP contribution is -2.33. The largest absolute Gasteiger partial charge is 0.494 e. The summed E-state index contributed by atoms with van der Waals surface area (Å²) in [6.45, 7) is 0.123. The first-order chi connectivity index (χ1) is 16.1. The van der Waals surface area contributed by atoms with Crippen LogP contribution in [0.2, 0.25) is 0 Å². The van der Waals surface area contributed by atoms with E-state index in [4.69, 9.17) is 9.31 Å². The molecule has 6 nitrogen and oxygen atoms in total. The number of nitrogens with one attached hydrogen (secondary N) is 1. The van der Waals surface area contributed by atoms with Crippen LogP contribution in [-0.2, 0) is 15.9 Å². The van der Waals surface area contributed by atoms with E-state index >= 15 is 0 Å². The Morgan fingerprint density at radius 1 is 0.818 bits per heavy atom. The van der Waals surface area contributed by atoms with Crippen molar-refractivity contribution in [1.29, 1.82) is 0 Å². The Hall–Kier alpha value is -3.75. The lowest BCUT2D eigenvalue weighted by molar-refractivity contribution is 0.159. The molecule has 164 valence electrons. The predicted octanol–water partition coefficient (Wildman–Crippen LogP) is 2.95. The minimum absolute atomic E-state index is 0.123. The highest BCUT2D eigenvalue weighted by atomic mass is 19.1. The van der Waals surface area contributed by atoms with Gasteiger partial charge in [0.1, 0.15) is 0 Å². The van der Waals surface area contributed by atoms with Gasteiger partial charge in [-0.25, -0.2) is 4.79 Å². The van der Waals surface area contributed by atoms with E-state index in [1.54, 1.807) is 0 Å². The molecule has 1 N–H and O–H groups in total. The van der Waals surface area contributed by atoms with Crippen LogP contribution in [0.15, 0.2) is 101 Å². The average Bonchev–Trinajstić information content (AvgIpc) is 3.30. The van der Waals surface area contributed by atoms with Crippen LogP contribution < -0.4 is 16.7 Å². The van der Waals surface area contributed by atoms with Crippen molar-refractivity contribution in [2.75, 3.05) is 0 Å². The molecule has 1 aliphatic rings. The molecule has 5 rings (SSSR count). The van der Waals surface area contributed by atoms with Gasteiger partial charge in [-0.15, -0.1) is 0 Å². The average molecular weight is 442 g/mol. The molecular weight excluding hydrogens is 422 g/mol. The zero-order chi connectivity index (χ0) is 22.8. The summed E-state index contributed by atoms with van der Waals surface area (Å²) in [4.78, 5) is 25.1. The second-order valence-corrected chi connectivity index (χ2v) is 7.87. The molecule has 8 heteroatoms. The number of benzene rings is 3. The number of rotatable bonds is 5. The van der Waals surface area contributed by atoms with Crippen molar-refractivity contribution in [3.05, 3.63) is 134 Å². The Morgan fingerprint density at radius 3 is 1.91 bits per heavy atom. The highest BCUT2D eigenvalue weighted by Gasteiger charge is 2.42. The van der Waals surface area contributed by atoms with E-state index in [0.717, 1.165) is 32.9 Å². The Bertz CT molecular complexity index is 1310. The van der Waals surface area contributed by atoms with Gasteiger partial charge >= 0.3 is 12.8 Å². The number of halogens is 1. The third kappa shape index (κ3) is 4.44. The van der Waals surface area contributed by atoms with Crippen molar-refractivity contribution < 1.29 is 13.7 Å². The third-order valence-electron chi connectivity index (χ3n) is 5.64. The van der Waals surface area contributed by atoms with Crippen molar-refractivity contribution in [1.82, 2.24) is 9.55 Å². The van der Waals surface area contributed by atoms with Crippen LogP contribution in [0, 0.1) is 5.82 Å². The summed E-state index contributed by atoms with van der Waals surface area (Å²) in [7, 11) is -0.567. The number of H-pyrrole nitrogens is 1. The summed E-state index contributed by atoms with van der Waals surface area (Å²) in [5.74, 6) is -1.00. The number of nitrogens with zero attached hydrogens (tertiary/aromatic N) is 1. The molecule has 33 heavy (non-hydrogen) atoms. The number of aromatic nitrogens is 2. The van der Waals surface area contributed by atoms with E-state index < -0.39 is 24.2 Å². The van der Waals surface area contributed by atoms with Gasteiger partial charge in [0.2, 0.25) is 5.82 Å². The number of hydrogen-bond donors (Lipinski definition) is 1.